The Balaban J connectivity index is 1.92. The number of anilines is 1. The van der Waals surface area contributed by atoms with Gasteiger partial charge in [-0.1, -0.05) is 26.2 Å². The number of hydrogen-bond acceptors (Lipinski definition) is 3. The van der Waals surface area contributed by atoms with Crippen LogP contribution >= 0.6 is 0 Å². The molecule has 1 aliphatic carbocycles. The predicted molar refractivity (Wildman–Crippen MR) is 76.4 cm³/mol. The van der Waals surface area contributed by atoms with Crippen molar-refractivity contribution in [3.8, 4) is 0 Å². The van der Waals surface area contributed by atoms with Gasteiger partial charge in [0.15, 0.2) is 0 Å². The van der Waals surface area contributed by atoms with Crippen molar-refractivity contribution in [3.05, 3.63) is 24.0 Å². The molecule has 18 heavy (non-hydrogen) atoms. The molecule has 0 aromatic carbocycles. The number of rotatable bonds is 7. The third-order valence-corrected chi connectivity index (χ3v) is 3.93. The van der Waals surface area contributed by atoms with Crippen LogP contribution in [0.25, 0.3) is 0 Å². The molecule has 3 N–H and O–H groups in total. The molecule has 0 aliphatic heterocycles. The fourth-order valence-electron chi connectivity index (χ4n) is 2.59. The van der Waals surface area contributed by atoms with E-state index in [1.54, 1.807) is 6.20 Å². The number of nitrogens with one attached hydrogen (secondary N) is 1. The molecular weight excluding hydrogens is 222 g/mol. The molecule has 1 fully saturated rings. The van der Waals surface area contributed by atoms with Gasteiger partial charge in [-0.15, -0.1) is 0 Å². The lowest BCUT2D eigenvalue weighted by Gasteiger charge is -2.30. The van der Waals surface area contributed by atoms with Crippen LogP contribution in [0, 0.1) is 5.92 Å². The van der Waals surface area contributed by atoms with Crippen molar-refractivity contribution in [1.29, 1.82) is 0 Å². The summed E-state index contributed by atoms with van der Waals surface area (Å²) in [6.07, 6.45) is 11.4. The summed E-state index contributed by atoms with van der Waals surface area (Å²) in [7, 11) is 0. The number of nitrogens with two attached hydrogens (primary N) is 1. The molecule has 3 heteroatoms. The van der Waals surface area contributed by atoms with Gasteiger partial charge in [0.05, 0.1) is 0 Å². The highest BCUT2D eigenvalue weighted by Gasteiger charge is 2.22. The van der Waals surface area contributed by atoms with Crippen molar-refractivity contribution < 1.29 is 0 Å². The number of aromatic nitrogens is 1. The van der Waals surface area contributed by atoms with Crippen LogP contribution in [0.2, 0.25) is 0 Å². The Hall–Kier alpha value is -1.09. The maximum atomic E-state index is 6.01. The summed E-state index contributed by atoms with van der Waals surface area (Å²) in [5.74, 6) is 0.928. The first-order valence-corrected chi connectivity index (χ1v) is 7.21. The highest BCUT2D eigenvalue weighted by atomic mass is 14.9. The van der Waals surface area contributed by atoms with Crippen LogP contribution in [0.15, 0.2) is 18.5 Å². The molecule has 0 saturated heterocycles. The van der Waals surface area contributed by atoms with Gasteiger partial charge in [-0.05, 0) is 43.4 Å². The number of nitrogen functional groups attached to an aromatic ring is 1. The van der Waals surface area contributed by atoms with Crippen LogP contribution in [0.1, 0.15) is 44.6 Å². The maximum absolute atomic E-state index is 6.01. The minimum Gasteiger partial charge on any atom is -0.398 e. The molecule has 100 valence electrons. The van der Waals surface area contributed by atoms with Gasteiger partial charge in [-0.2, -0.15) is 0 Å². The zero-order chi connectivity index (χ0) is 12.8. The molecule has 1 aliphatic rings. The van der Waals surface area contributed by atoms with Gasteiger partial charge in [0.25, 0.3) is 0 Å². The first-order chi connectivity index (χ1) is 8.79. The SMILES string of the molecule is CCCNC(Cc1cnccc1N)CC1CCC1. The third-order valence-electron chi connectivity index (χ3n) is 3.93. The Bertz CT molecular complexity index is 361. The van der Waals surface area contributed by atoms with Crippen molar-refractivity contribution in [3.63, 3.8) is 0 Å². The Morgan fingerprint density at radius 1 is 1.50 bits per heavy atom. The van der Waals surface area contributed by atoms with Crippen molar-refractivity contribution in [2.75, 3.05) is 12.3 Å². The van der Waals surface area contributed by atoms with Crippen LogP contribution in [0.4, 0.5) is 5.69 Å². The molecule has 1 atom stereocenters. The van der Waals surface area contributed by atoms with Crippen molar-refractivity contribution in [2.24, 2.45) is 5.92 Å². The molecule has 1 aromatic heterocycles. The molecule has 2 rings (SSSR count). The number of hydrogen-bond donors (Lipinski definition) is 2. The van der Waals surface area contributed by atoms with Gasteiger partial charge in [0, 0.05) is 24.1 Å². The molecule has 3 nitrogen and oxygen atoms in total. The van der Waals surface area contributed by atoms with E-state index in [4.69, 9.17) is 5.73 Å². The van der Waals surface area contributed by atoms with E-state index in [1.165, 1.54) is 37.7 Å². The van der Waals surface area contributed by atoms with E-state index in [0.717, 1.165) is 24.6 Å². The smallest absolute Gasteiger partial charge is 0.0378 e. The molecular formula is C15H25N3. The van der Waals surface area contributed by atoms with E-state index in [0.29, 0.717) is 6.04 Å². The molecule has 0 bridgehead atoms. The average Bonchev–Trinajstić information content (AvgIpc) is 2.33. The Morgan fingerprint density at radius 3 is 2.94 bits per heavy atom. The zero-order valence-electron chi connectivity index (χ0n) is 11.4. The third kappa shape index (κ3) is 3.70. The molecule has 1 saturated carbocycles. The summed E-state index contributed by atoms with van der Waals surface area (Å²) < 4.78 is 0. The van der Waals surface area contributed by atoms with Crippen LogP contribution in [0.3, 0.4) is 0 Å². The maximum Gasteiger partial charge on any atom is 0.0378 e. The standard InChI is InChI=1S/C15H25N3/c1-2-7-18-14(9-12-4-3-5-12)10-13-11-17-8-6-15(13)16/h6,8,11-12,14,18H,2-5,7,9-10H2,1H3,(H2,16,17). The second-order valence-electron chi connectivity index (χ2n) is 5.46. The van der Waals surface area contributed by atoms with Crippen LogP contribution in [0.5, 0.6) is 0 Å². The van der Waals surface area contributed by atoms with Gasteiger partial charge < -0.3 is 11.1 Å². The van der Waals surface area contributed by atoms with Crippen molar-refractivity contribution in [2.45, 2.75) is 51.5 Å². The monoisotopic (exact) mass is 247 g/mol. The van der Waals surface area contributed by atoms with Crippen molar-refractivity contribution in [1.82, 2.24) is 10.3 Å². The predicted octanol–water partition coefficient (Wildman–Crippen LogP) is 2.76. The van der Waals surface area contributed by atoms with Crippen LogP contribution in [-0.2, 0) is 6.42 Å². The summed E-state index contributed by atoms with van der Waals surface area (Å²) >= 11 is 0. The normalized spacial score (nSPS) is 17.4. The van der Waals surface area contributed by atoms with E-state index in [9.17, 15) is 0 Å². The molecule has 0 amide bonds. The summed E-state index contributed by atoms with van der Waals surface area (Å²) in [5, 5.41) is 3.66. The van der Waals surface area contributed by atoms with E-state index in [2.05, 4.69) is 17.2 Å². The summed E-state index contributed by atoms with van der Waals surface area (Å²) in [6.45, 7) is 3.31. The first-order valence-electron chi connectivity index (χ1n) is 7.21. The Morgan fingerprint density at radius 2 is 2.33 bits per heavy atom. The first kappa shape index (κ1) is 13.3. The molecule has 1 heterocycles. The van der Waals surface area contributed by atoms with Gasteiger partial charge >= 0.3 is 0 Å². The Labute approximate surface area is 110 Å². The lowest BCUT2D eigenvalue weighted by atomic mass is 9.80. The quantitative estimate of drug-likeness (QED) is 0.779. The number of nitrogens with zero attached hydrogens (tertiary/aromatic N) is 1. The van der Waals surface area contributed by atoms with E-state index in [1.807, 2.05) is 12.3 Å². The minimum absolute atomic E-state index is 0.557. The molecule has 1 aromatic rings. The van der Waals surface area contributed by atoms with E-state index < -0.39 is 0 Å². The molecule has 0 spiro atoms. The topological polar surface area (TPSA) is 50.9 Å². The van der Waals surface area contributed by atoms with Gasteiger partial charge in [-0.3, -0.25) is 4.98 Å². The summed E-state index contributed by atoms with van der Waals surface area (Å²) in [4.78, 5) is 4.18. The fraction of sp³-hybridized carbons (Fsp3) is 0.667. The average molecular weight is 247 g/mol. The van der Waals surface area contributed by atoms with Crippen molar-refractivity contribution >= 4 is 5.69 Å². The minimum atomic E-state index is 0.557. The second-order valence-corrected chi connectivity index (χ2v) is 5.46. The summed E-state index contributed by atoms with van der Waals surface area (Å²) in [5.41, 5.74) is 8.07. The lowest BCUT2D eigenvalue weighted by molar-refractivity contribution is 0.259. The summed E-state index contributed by atoms with van der Waals surface area (Å²) in [6, 6.07) is 2.46. The van der Waals surface area contributed by atoms with E-state index >= 15 is 0 Å². The fourth-order valence-corrected chi connectivity index (χ4v) is 2.59. The van der Waals surface area contributed by atoms with Crippen LogP contribution < -0.4 is 11.1 Å². The number of pyridine rings is 1. The zero-order valence-corrected chi connectivity index (χ0v) is 11.4. The largest absolute Gasteiger partial charge is 0.398 e. The molecule has 0 radical (unpaired) electrons. The van der Waals surface area contributed by atoms with Gasteiger partial charge in [0.1, 0.15) is 0 Å². The highest BCUT2D eigenvalue weighted by Crippen LogP contribution is 2.31. The van der Waals surface area contributed by atoms with Crippen LogP contribution in [-0.4, -0.2) is 17.6 Å². The molecule has 1 unspecified atom stereocenters. The second kappa shape index (κ2) is 6.74. The lowest BCUT2D eigenvalue weighted by Crippen LogP contribution is -2.35. The highest BCUT2D eigenvalue weighted by molar-refractivity contribution is 5.44. The van der Waals surface area contributed by atoms with E-state index in [-0.39, 0.29) is 0 Å². The Kier molecular flexibility index (Phi) is 5.00. The van der Waals surface area contributed by atoms with Gasteiger partial charge in [-0.25, -0.2) is 0 Å². The van der Waals surface area contributed by atoms with Gasteiger partial charge in [0.2, 0.25) is 0 Å².